The number of sulfonamides is 1. The summed E-state index contributed by atoms with van der Waals surface area (Å²) in [5.74, 6) is 0.384. The van der Waals surface area contributed by atoms with E-state index < -0.39 is 10.0 Å². The molecule has 4 nitrogen and oxygen atoms in total. The minimum absolute atomic E-state index is 0.238. The predicted molar refractivity (Wildman–Crippen MR) is 78.8 cm³/mol. The molecule has 0 radical (unpaired) electrons. The normalized spacial score (nSPS) is 11.8. The molecule has 0 aliphatic rings. The van der Waals surface area contributed by atoms with Gasteiger partial charge in [-0.2, -0.15) is 0 Å². The SMILES string of the molecule is CC(C)c1ccc(S(=O)(=O)NCc2cccnc2)cc1. The lowest BCUT2D eigenvalue weighted by atomic mass is 10.0. The van der Waals surface area contributed by atoms with Gasteiger partial charge >= 0.3 is 0 Å². The van der Waals surface area contributed by atoms with Crippen molar-refractivity contribution in [3.05, 3.63) is 59.9 Å². The molecule has 1 aromatic carbocycles. The van der Waals surface area contributed by atoms with Crippen LogP contribution in [0.5, 0.6) is 0 Å². The van der Waals surface area contributed by atoms with E-state index in [1.165, 1.54) is 0 Å². The number of nitrogens with zero attached hydrogens (tertiary/aromatic N) is 1. The van der Waals surface area contributed by atoms with Crippen LogP contribution >= 0.6 is 0 Å². The van der Waals surface area contributed by atoms with E-state index in [4.69, 9.17) is 0 Å². The first kappa shape index (κ1) is 14.7. The van der Waals surface area contributed by atoms with E-state index in [2.05, 4.69) is 23.6 Å². The molecule has 1 aromatic heterocycles. The Morgan fingerprint density at radius 2 is 1.85 bits per heavy atom. The summed E-state index contributed by atoms with van der Waals surface area (Å²) in [6.45, 7) is 4.39. The Kier molecular flexibility index (Phi) is 4.52. The van der Waals surface area contributed by atoms with Gasteiger partial charge in [0.25, 0.3) is 0 Å². The number of pyridine rings is 1. The molecule has 0 bridgehead atoms. The van der Waals surface area contributed by atoms with Gasteiger partial charge in [-0.1, -0.05) is 32.0 Å². The third kappa shape index (κ3) is 3.65. The van der Waals surface area contributed by atoms with Crippen LogP contribution in [0, 0.1) is 0 Å². The Hall–Kier alpha value is -1.72. The van der Waals surface area contributed by atoms with Crippen molar-refractivity contribution in [2.45, 2.75) is 31.2 Å². The number of hydrogen-bond donors (Lipinski definition) is 1. The molecule has 0 amide bonds. The minimum Gasteiger partial charge on any atom is -0.264 e. The molecule has 1 N–H and O–H groups in total. The molecular formula is C15H18N2O2S. The monoisotopic (exact) mass is 290 g/mol. The first-order valence-electron chi connectivity index (χ1n) is 6.47. The van der Waals surface area contributed by atoms with Gasteiger partial charge in [0.2, 0.25) is 10.0 Å². The van der Waals surface area contributed by atoms with Gasteiger partial charge in [-0.05, 0) is 35.2 Å². The lowest BCUT2D eigenvalue weighted by Crippen LogP contribution is -2.23. The zero-order valence-corrected chi connectivity index (χ0v) is 12.4. The molecule has 0 saturated heterocycles. The Bertz CT molecular complexity index is 650. The van der Waals surface area contributed by atoms with Crippen LogP contribution < -0.4 is 4.72 Å². The van der Waals surface area contributed by atoms with Gasteiger partial charge in [0, 0.05) is 18.9 Å². The van der Waals surface area contributed by atoms with Crippen LogP contribution in [0.2, 0.25) is 0 Å². The van der Waals surface area contributed by atoms with E-state index >= 15 is 0 Å². The van der Waals surface area contributed by atoms with Crippen LogP contribution in [0.4, 0.5) is 0 Å². The van der Waals surface area contributed by atoms with Crippen molar-refractivity contribution in [1.29, 1.82) is 0 Å². The standard InChI is InChI=1S/C15H18N2O2S/c1-12(2)14-5-7-15(8-6-14)20(18,19)17-11-13-4-3-9-16-10-13/h3-10,12,17H,11H2,1-2H3. The molecule has 0 saturated carbocycles. The quantitative estimate of drug-likeness (QED) is 0.921. The highest BCUT2D eigenvalue weighted by Crippen LogP contribution is 2.17. The van der Waals surface area contributed by atoms with E-state index in [9.17, 15) is 8.42 Å². The van der Waals surface area contributed by atoms with Gasteiger partial charge in [0.05, 0.1) is 4.90 Å². The molecule has 0 atom stereocenters. The summed E-state index contributed by atoms with van der Waals surface area (Å²) in [5.41, 5.74) is 1.95. The van der Waals surface area contributed by atoms with Gasteiger partial charge in [0.1, 0.15) is 0 Å². The minimum atomic E-state index is -3.48. The van der Waals surface area contributed by atoms with Crippen molar-refractivity contribution < 1.29 is 8.42 Å². The first-order valence-corrected chi connectivity index (χ1v) is 7.96. The summed E-state index contributed by atoms with van der Waals surface area (Å²) in [6.07, 6.45) is 3.30. The maximum atomic E-state index is 12.2. The fraction of sp³-hybridized carbons (Fsp3) is 0.267. The largest absolute Gasteiger partial charge is 0.264 e. The second-order valence-electron chi connectivity index (χ2n) is 4.91. The van der Waals surface area contributed by atoms with Gasteiger partial charge in [-0.15, -0.1) is 0 Å². The van der Waals surface area contributed by atoms with E-state index in [0.717, 1.165) is 11.1 Å². The highest BCUT2D eigenvalue weighted by molar-refractivity contribution is 7.89. The van der Waals surface area contributed by atoms with Crippen LogP contribution in [0.3, 0.4) is 0 Å². The molecule has 5 heteroatoms. The number of rotatable bonds is 5. The van der Waals surface area contributed by atoms with Crippen molar-refractivity contribution in [2.75, 3.05) is 0 Å². The zero-order chi connectivity index (χ0) is 14.6. The van der Waals surface area contributed by atoms with Crippen LogP contribution in [0.25, 0.3) is 0 Å². The molecule has 1 heterocycles. The third-order valence-electron chi connectivity index (χ3n) is 3.05. The lowest BCUT2D eigenvalue weighted by Gasteiger charge is -2.09. The zero-order valence-electron chi connectivity index (χ0n) is 11.6. The van der Waals surface area contributed by atoms with E-state index in [1.54, 1.807) is 30.6 Å². The number of nitrogens with one attached hydrogen (secondary N) is 1. The van der Waals surface area contributed by atoms with Crippen LogP contribution in [0.15, 0.2) is 53.7 Å². The summed E-state index contributed by atoms with van der Waals surface area (Å²) in [4.78, 5) is 4.24. The Labute approximate surface area is 119 Å². The molecule has 2 aromatic rings. The highest BCUT2D eigenvalue weighted by Gasteiger charge is 2.13. The summed E-state index contributed by atoms with van der Waals surface area (Å²) >= 11 is 0. The Morgan fingerprint density at radius 3 is 2.40 bits per heavy atom. The molecule has 0 aliphatic heterocycles. The molecule has 0 aliphatic carbocycles. The molecule has 106 valence electrons. The fourth-order valence-corrected chi connectivity index (χ4v) is 2.81. The first-order chi connectivity index (χ1) is 9.49. The Morgan fingerprint density at radius 1 is 1.15 bits per heavy atom. The molecule has 20 heavy (non-hydrogen) atoms. The number of aromatic nitrogens is 1. The molecule has 0 fully saturated rings. The molecule has 0 unspecified atom stereocenters. The van der Waals surface area contributed by atoms with Crippen molar-refractivity contribution in [1.82, 2.24) is 9.71 Å². The maximum absolute atomic E-state index is 12.2. The smallest absolute Gasteiger partial charge is 0.240 e. The summed E-state index contributed by atoms with van der Waals surface area (Å²) in [5, 5.41) is 0. The average molecular weight is 290 g/mol. The number of hydrogen-bond acceptors (Lipinski definition) is 3. The van der Waals surface area contributed by atoms with Crippen molar-refractivity contribution >= 4 is 10.0 Å². The summed E-state index contributed by atoms with van der Waals surface area (Å²) < 4.78 is 26.9. The van der Waals surface area contributed by atoms with Crippen molar-refractivity contribution in [3.63, 3.8) is 0 Å². The lowest BCUT2D eigenvalue weighted by molar-refractivity contribution is 0.581. The summed E-state index contributed by atoms with van der Waals surface area (Å²) in [6, 6.07) is 10.6. The van der Waals surface area contributed by atoms with Gasteiger partial charge in [-0.25, -0.2) is 13.1 Å². The second-order valence-corrected chi connectivity index (χ2v) is 6.68. The molecule has 0 spiro atoms. The van der Waals surface area contributed by atoms with Crippen LogP contribution in [-0.2, 0) is 16.6 Å². The summed E-state index contributed by atoms with van der Waals surface area (Å²) in [7, 11) is -3.48. The van der Waals surface area contributed by atoms with Crippen LogP contribution in [0.1, 0.15) is 30.9 Å². The van der Waals surface area contributed by atoms with E-state index in [-0.39, 0.29) is 11.4 Å². The van der Waals surface area contributed by atoms with Crippen molar-refractivity contribution in [2.24, 2.45) is 0 Å². The van der Waals surface area contributed by atoms with Crippen LogP contribution in [-0.4, -0.2) is 13.4 Å². The maximum Gasteiger partial charge on any atom is 0.240 e. The number of benzene rings is 1. The second kappa shape index (κ2) is 6.15. The topological polar surface area (TPSA) is 59.1 Å². The highest BCUT2D eigenvalue weighted by atomic mass is 32.2. The van der Waals surface area contributed by atoms with Gasteiger partial charge in [-0.3, -0.25) is 4.98 Å². The third-order valence-corrected chi connectivity index (χ3v) is 4.46. The Balaban J connectivity index is 2.10. The predicted octanol–water partition coefficient (Wildman–Crippen LogP) is 2.68. The van der Waals surface area contributed by atoms with Crippen molar-refractivity contribution in [3.8, 4) is 0 Å². The van der Waals surface area contributed by atoms with E-state index in [0.29, 0.717) is 5.92 Å². The molecule has 2 rings (SSSR count). The average Bonchev–Trinajstić information content (AvgIpc) is 2.46. The fourth-order valence-electron chi connectivity index (χ4n) is 1.80. The van der Waals surface area contributed by atoms with Gasteiger partial charge < -0.3 is 0 Å². The van der Waals surface area contributed by atoms with Gasteiger partial charge in [0.15, 0.2) is 0 Å². The van der Waals surface area contributed by atoms with E-state index in [1.807, 2.05) is 18.2 Å². The molecular weight excluding hydrogens is 272 g/mol.